The molecule has 6 heteroatoms. The summed E-state index contributed by atoms with van der Waals surface area (Å²) in [6.07, 6.45) is 3.10. The van der Waals surface area contributed by atoms with Crippen LogP contribution in [0.1, 0.15) is 21.0 Å². The Bertz CT molecular complexity index is 604. The minimum absolute atomic E-state index is 0.177. The third-order valence-electron chi connectivity index (χ3n) is 2.43. The van der Waals surface area contributed by atoms with Gasteiger partial charge in [0, 0.05) is 19.4 Å². The number of aryl methyl sites for hydroxylation is 1. The van der Waals surface area contributed by atoms with Gasteiger partial charge in [0.05, 0.1) is 5.69 Å². The molecule has 0 saturated heterocycles. The third-order valence-corrected chi connectivity index (χ3v) is 2.43. The molecule has 0 aliphatic carbocycles. The van der Waals surface area contributed by atoms with E-state index in [1.165, 1.54) is 12.3 Å². The molecular formula is C12H11N3O3. The van der Waals surface area contributed by atoms with Crippen molar-refractivity contribution in [3.05, 3.63) is 48.0 Å². The number of aromatic nitrogens is 2. The van der Waals surface area contributed by atoms with Crippen molar-refractivity contribution in [2.45, 2.75) is 0 Å². The average Bonchev–Trinajstić information content (AvgIpc) is 2.76. The summed E-state index contributed by atoms with van der Waals surface area (Å²) in [7, 11) is 1.73. The molecule has 92 valence electrons. The first-order valence-corrected chi connectivity index (χ1v) is 5.20. The Balaban J connectivity index is 2.28. The summed E-state index contributed by atoms with van der Waals surface area (Å²) in [4.78, 5) is 26.6. The molecule has 0 aliphatic rings. The monoisotopic (exact) mass is 245 g/mol. The number of hydrogen-bond donors (Lipinski definition) is 2. The topological polar surface area (TPSA) is 84.2 Å². The number of carboxylic acid groups (broad SMARTS) is 1. The summed E-state index contributed by atoms with van der Waals surface area (Å²) in [5.41, 5.74) is 0.437. The predicted octanol–water partition coefficient (Wildman–Crippen LogP) is 1.37. The number of nitrogens with one attached hydrogen (secondary N) is 1. The molecule has 2 rings (SSSR count). The van der Waals surface area contributed by atoms with Gasteiger partial charge >= 0.3 is 5.97 Å². The summed E-state index contributed by atoms with van der Waals surface area (Å²) in [5.74, 6) is -1.56. The van der Waals surface area contributed by atoms with Crippen LogP contribution >= 0.6 is 0 Å². The van der Waals surface area contributed by atoms with Gasteiger partial charge in [0.2, 0.25) is 0 Å². The van der Waals surface area contributed by atoms with Gasteiger partial charge in [0.25, 0.3) is 5.91 Å². The predicted molar refractivity (Wildman–Crippen MR) is 64.6 cm³/mol. The fraction of sp³-hybridized carbons (Fsp3) is 0.0833. The number of carbonyl (C=O) groups is 2. The molecule has 1 amide bonds. The van der Waals surface area contributed by atoms with Gasteiger partial charge in [-0.1, -0.05) is 0 Å². The molecule has 6 nitrogen and oxygen atoms in total. The van der Waals surface area contributed by atoms with Crippen molar-refractivity contribution >= 4 is 17.6 Å². The Morgan fingerprint density at radius 2 is 2.11 bits per heavy atom. The number of amides is 1. The second-order valence-electron chi connectivity index (χ2n) is 3.66. The summed E-state index contributed by atoms with van der Waals surface area (Å²) in [5, 5.41) is 11.5. The standard InChI is InChI=1S/C12H11N3O3/c1-15-7-3-5-9(15)11(16)14-8-4-2-6-13-10(8)12(17)18/h2-7H,1H3,(H,14,16)(H,17,18). The molecule has 2 N–H and O–H groups in total. The van der Waals surface area contributed by atoms with Crippen molar-refractivity contribution in [3.8, 4) is 0 Å². The summed E-state index contributed by atoms with van der Waals surface area (Å²) in [6, 6.07) is 6.44. The van der Waals surface area contributed by atoms with E-state index in [1.807, 2.05) is 0 Å². The fourth-order valence-electron chi connectivity index (χ4n) is 1.56. The maximum absolute atomic E-state index is 11.9. The van der Waals surface area contributed by atoms with Crippen LogP contribution in [-0.2, 0) is 7.05 Å². The molecular weight excluding hydrogens is 234 g/mol. The molecule has 0 atom stereocenters. The number of carbonyl (C=O) groups excluding carboxylic acids is 1. The van der Waals surface area contributed by atoms with Crippen LogP contribution in [0.3, 0.4) is 0 Å². The second-order valence-corrected chi connectivity index (χ2v) is 3.66. The minimum atomic E-state index is -1.18. The Labute approximate surface area is 103 Å². The molecule has 2 aromatic heterocycles. The molecule has 0 spiro atoms. The maximum Gasteiger partial charge on any atom is 0.356 e. The number of carboxylic acids is 1. The molecule has 0 bridgehead atoms. The molecule has 0 unspecified atom stereocenters. The van der Waals surface area contributed by atoms with E-state index in [9.17, 15) is 9.59 Å². The zero-order valence-electron chi connectivity index (χ0n) is 9.62. The molecule has 2 heterocycles. The summed E-state index contributed by atoms with van der Waals surface area (Å²) < 4.78 is 1.64. The van der Waals surface area contributed by atoms with Gasteiger partial charge in [-0.2, -0.15) is 0 Å². The number of aromatic carboxylic acids is 1. The number of hydrogen-bond acceptors (Lipinski definition) is 3. The lowest BCUT2D eigenvalue weighted by molar-refractivity contribution is 0.0692. The first kappa shape index (κ1) is 11.8. The lowest BCUT2D eigenvalue weighted by atomic mass is 10.3. The molecule has 0 saturated carbocycles. The lowest BCUT2D eigenvalue weighted by Gasteiger charge is -2.07. The van der Waals surface area contributed by atoms with E-state index in [-0.39, 0.29) is 17.3 Å². The number of rotatable bonds is 3. The first-order valence-electron chi connectivity index (χ1n) is 5.20. The largest absolute Gasteiger partial charge is 0.476 e. The van der Waals surface area contributed by atoms with Crippen molar-refractivity contribution in [1.82, 2.24) is 9.55 Å². The van der Waals surface area contributed by atoms with Crippen LogP contribution < -0.4 is 5.32 Å². The van der Waals surface area contributed by atoms with Crippen LogP contribution in [0.25, 0.3) is 0 Å². The molecule has 2 aromatic rings. The van der Waals surface area contributed by atoms with E-state index in [1.54, 1.807) is 36.0 Å². The van der Waals surface area contributed by atoms with Gasteiger partial charge in [-0.25, -0.2) is 9.78 Å². The average molecular weight is 245 g/mol. The zero-order valence-corrected chi connectivity index (χ0v) is 9.62. The smallest absolute Gasteiger partial charge is 0.356 e. The highest BCUT2D eigenvalue weighted by Crippen LogP contribution is 2.13. The Morgan fingerprint density at radius 3 is 2.72 bits per heavy atom. The van der Waals surface area contributed by atoms with Gasteiger partial charge in [-0.05, 0) is 24.3 Å². The maximum atomic E-state index is 11.9. The highest BCUT2D eigenvalue weighted by atomic mass is 16.4. The molecule has 18 heavy (non-hydrogen) atoms. The van der Waals surface area contributed by atoms with Crippen LogP contribution in [0.15, 0.2) is 36.7 Å². The molecule has 0 fully saturated rings. The second kappa shape index (κ2) is 4.70. The van der Waals surface area contributed by atoms with E-state index in [0.29, 0.717) is 5.69 Å². The van der Waals surface area contributed by atoms with E-state index in [2.05, 4.69) is 10.3 Å². The highest BCUT2D eigenvalue weighted by molar-refractivity contribution is 6.06. The normalized spacial score (nSPS) is 10.1. The number of nitrogens with zero attached hydrogens (tertiary/aromatic N) is 2. The third kappa shape index (κ3) is 2.22. The van der Waals surface area contributed by atoms with Crippen molar-refractivity contribution in [2.75, 3.05) is 5.32 Å². The van der Waals surface area contributed by atoms with Crippen molar-refractivity contribution in [3.63, 3.8) is 0 Å². The Kier molecular flexibility index (Phi) is 3.09. The van der Waals surface area contributed by atoms with Crippen LogP contribution in [-0.4, -0.2) is 26.5 Å². The summed E-state index contributed by atoms with van der Waals surface area (Å²) in [6.45, 7) is 0. The number of anilines is 1. The minimum Gasteiger partial charge on any atom is -0.476 e. The Morgan fingerprint density at radius 1 is 1.33 bits per heavy atom. The van der Waals surface area contributed by atoms with E-state index in [4.69, 9.17) is 5.11 Å². The molecule has 0 radical (unpaired) electrons. The van der Waals surface area contributed by atoms with Crippen molar-refractivity contribution in [1.29, 1.82) is 0 Å². The highest BCUT2D eigenvalue weighted by Gasteiger charge is 2.15. The molecule has 0 aromatic carbocycles. The van der Waals surface area contributed by atoms with Crippen LogP contribution in [0.4, 0.5) is 5.69 Å². The van der Waals surface area contributed by atoms with Crippen LogP contribution in [0, 0.1) is 0 Å². The fourth-order valence-corrected chi connectivity index (χ4v) is 1.56. The first-order chi connectivity index (χ1) is 8.59. The quantitative estimate of drug-likeness (QED) is 0.855. The van der Waals surface area contributed by atoms with Crippen LogP contribution in [0.2, 0.25) is 0 Å². The Hall–Kier alpha value is -2.63. The van der Waals surface area contributed by atoms with Gasteiger partial charge in [-0.3, -0.25) is 4.79 Å². The lowest BCUT2D eigenvalue weighted by Crippen LogP contribution is -2.18. The SMILES string of the molecule is Cn1cccc1C(=O)Nc1cccnc1C(=O)O. The van der Waals surface area contributed by atoms with Crippen molar-refractivity contribution in [2.24, 2.45) is 7.05 Å². The summed E-state index contributed by atoms with van der Waals surface area (Å²) >= 11 is 0. The van der Waals surface area contributed by atoms with Gasteiger partial charge in [0.15, 0.2) is 5.69 Å². The van der Waals surface area contributed by atoms with E-state index < -0.39 is 5.97 Å². The zero-order chi connectivity index (χ0) is 13.1. The van der Waals surface area contributed by atoms with Gasteiger partial charge < -0.3 is 15.0 Å². The molecule has 0 aliphatic heterocycles. The van der Waals surface area contributed by atoms with E-state index >= 15 is 0 Å². The van der Waals surface area contributed by atoms with E-state index in [0.717, 1.165) is 0 Å². The van der Waals surface area contributed by atoms with Gasteiger partial charge in [-0.15, -0.1) is 0 Å². The van der Waals surface area contributed by atoms with Crippen LogP contribution in [0.5, 0.6) is 0 Å². The van der Waals surface area contributed by atoms with Crippen molar-refractivity contribution < 1.29 is 14.7 Å². The number of pyridine rings is 1. The van der Waals surface area contributed by atoms with Gasteiger partial charge in [0.1, 0.15) is 5.69 Å².